The van der Waals surface area contributed by atoms with Gasteiger partial charge < -0.3 is 14.8 Å². The molecule has 1 heterocycles. The fourth-order valence-electron chi connectivity index (χ4n) is 2.31. The lowest BCUT2D eigenvalue weighted by Crippen LogP contribution is -2.31. The summed E-state index contributed by atoms with van der Waals surface area (Å²) in [5.41, 5.74) is 1.96. The Hall–Kier alpha value is -3.74. The predicted octanol–water partition coefficient (Wildman–Crippen LogP) is 2.53. The summed E-state index contributed by atoms with van der Waals surface area (Å²) >= 11 is 0. The Labute approximate surface area is 162 Å². The molecule has 0 unspecified atom stereocenters. The van der Waals surface area contributed by atoms with Crippen molar-refractivity contribution in [3.8, 4) is 5.88 Å². The van der Waals surface area contributed by atoms with Gasteiger partial charge in [-0.3, -0.25) is 9.59 Å². The number of amides is 1. The predicted molar refractivity (Wildman–Crippen MR) is 101 cm³/mol. The third-order valence-corrected chi connectivity index (χ3v) is 3.74. The first kappa shape index (κ1) is 19.0. The van der Waals surface area contributed by atoms with E-state index < -0.39 is 11.9 Å². The summed E-state index contributed by atoms with van der Waals surface area (Å²) < 4.78 is 10.7. The van der Waals surface area contributed by atoms with Gasteiger partial charge in [0.05, 0.1) is 0 Å². The van der Waals surface area contributed by atoms with E-state index in [2.05, 4.69) is 15.3 Å². The fourth-order valence-corrected chi connectivity index (χ4v) is 2.31. The maximum Gasteiger partial charge on any atom is 0.325 e. The van der Waals surface area contributed by atoms with Crippen LogP contribution in [-0.2, 0) is 22.7 Å². The molecular weight excluding hydrogens is 358 g/mol. The van der Waals surface area contributed by atoms with Gasteiger partial charge in [-0.25, -0.2) is 9.97 Å². The van der Waals surface area contributed by atoms with E-state index in [9.17, 15) is 9.59 Å². The molecule has 0 fully saturated rings. The van der Waals surface area contributed by atoms with Crippen LogP contribution >= 0.6 is 0 Å². The van der Waals surface area contributed by atoms with Crippen molar-refractivity contribution in [2.75, 3.05) is 6.54 Å². The van der Waals surface area contributed by atoms with Crippen molar-refractivity contribution in [3.05, 3.63) is 89.9 Å². The molecule has 7 heteroatoms. The maximum atomic E-state index is 12.2. The van der Waals surface area contributed by atoms with Gasteiger partial charge in [0, 0.05) is 6.07 Å². The first-order valence-electron chi connectivity index (χ1n) is 8.67. The molecule has 7 nitrogen and oxygen atoms in total. The maximum absolute atomic E-state index is 12.2. The lowest BCUT2D eigenvalue weighted by molar-refractivity contribution is -0.143. The highest BCUT2D eigenvalue weighted by Crippen LogP contribution is 2.10. The van der Waals surface area contributed by atoms with Gasteiger partial charge in [-0.2, -0.15) is 0 Å². The van der Waals surface area contributed by atoms with Crippen LogP contribution in [0.25, 0.3) is 0 Å². The van der Waals surface area contributed by atoms with Crippen LogP contribution in [0.1, 0.15) is 21.6 Å². The van der Waals surface area contributed by atoms with Crippen molar-refractivity contribution in [2.24, 2.45) is 0 Å². The summed E-state index contributed by atoms with van der Waals surface area (Å²) in [6, 6.07) is 20.3. The van der Waals surface area contributed by atoms with Crippen molar-refractivity contribution >= 4 is 11.9 Å². The largest absolute Gasteiger partial charge is 0.473 e. The van der Waals surface area contributed by atoms with E-state index >= 15 is 0 Å². The van der Waals surface area contributed by atoms with Crippen molar-refractivity contribution < 1.29 is 19.1 Å². The molecule has 28 heavy (non-hydrogen) atoms. The Morgan fingerprint density at radius 3 is 2.18 bits per heavy atom. The Morgan fingerprint density at radius 1 is 0.857 bits per heavy atom. The normalized spacial score (nSPS) is 10.1. The highest BCUT2D eigenvalue weighted by atomic mass is 16.5. The van der Waals surface area contributed by atoms with Gasteiger partial charge in [0.25, 0.3) is 5.91 Å². The molecule has 3 rings (SSSR count). The number of hydrogen-bond donors (Lipinski definition) is 1. The minimum absolute atomic E-state index is 0.105. The van der Waals surface area contributed by atoms with Crippen molar-refractivity contribution in [3.63, 3.8) is 0 Å². The average molecular weight is 377 g/mol. The van der Waals surface area contributed by atoms with Crippen LogP contribution < -0.4 is 10.1 Å². The minimum atomic E-state index is -0.535. The first-order chi connectivity index (χ1) is 13.7. The van der Waals surface area contributed by atoms with E-state index in [0.717, 1.165) is 11.1 Å². The molecule has 0 aliphatic rings. The Morgan fingerprint density at radius 2 is 1.50 bits per heavy atom. The molecule has 1 aromatic heterocycles. The molecule has 0 saturated carbocycles. The fraction of sp³-hybridized carbons (Fsp3) is 0.143. The molecule has 0 atom stereocenters. The highest BCUT2D eigenvalue weighted by Gasteiger charge is 2.12. The number of aromatic nitrogens is 2. The van der Waals surface area contributed by atoms with Crippen LogP contribution in [0, 0.1) is 0 Å². The van der Waals surface area contributed by atoms with E-state index in [0.29, 0.717) is 6.61 Å². The summed E-state index contributed by atoms with van der Waals surface area (Å²) in [7, 11) is 0. The molecule has 0 saturated heterocycles. The van der Waals surface area contributed by atoms with Gasteiger partial charge in [0.1, 0.15) is 31.8 Å². The van der Waals surface area contributed by atoms with Crippen LogP contribution in [0.2, 0.25) is 0 Å². The molecule has 142 valence electrons. The molecule has 0 aliphatic heterocycles. The molecule has 0 aliphatic carbocycles. The van der Waals surface area contributed by atoms with Crippen LogP contribution in [0.15, 0.2) is 73.1 Å². The molecule has 2 aromatic carbocycles. The SMILES string of the molecule is O=C(CNC(=O)c1cc(OCc2ccccc2)ncn1)OCc1ccccc1. The van der Waals surface area contributed by atoms with Crippen molar-refractivity contribution in [2.45, 2.75) is 13.2 Å². The zero-order valence-corrected chi connectivity index (χ0v) is 15.1. The monoisotopic (exact) mass is 377 g/mol. The number of nitrogens with zero attached hydrogens (tertiary/aromatic N) is 2. The van der Waals surface area contributed by atoms with Gasteiger partial charge in [-0.05, 0) is 11.1 Å². The number of benzene rings is 2. The quantitative estimate of drug-likeness (QED) is 0.607. The van der Waals surface area contributed by atoms with E-state index in [-0.39, 0.29) is 24.7 Å². The lowest BCUT2D eigenvalue weighted by Gasteiger charge is -2.08. The van der Waals surface area contributed by atoms with Crippen LogP contribution in [-0.4, -0.2) is 28.4 Å². The molecule has 0 spiro atoms. The second-order valence-electron chi connectivity index (χ2n) is 5.84. The number of esters is 1. The van der Waals surface area contributed by atoms with Crippen LogP contribution in [0.4, 0.5) is 0 Å². The average Bonchev–Trinajstić information content (AvgIpc) is 2.76. The summed E-state index contributed by atoms with van der Waals surface area (Å²) in [6.45, 7) is 0.223. The third-order valence-electron chi connectivity index (χ3n) is 3.74. The number of carbonyl (C=O) groups is 2. The zero-order valence-electron chi connectivity index (χ0n) is 15.1. The van der Waals surface area contributed by atoms with E-state index in [1.807, 2.05) is 60.7 Å². The molecule has 1 amide bonds. The molecule has 3 aromatic rings. The van der Waals surface area contributed by atoms with Gasteiger partial charge in [-0.15, -0.1) is 0 Å². The minimum Gasteiger partial charge on any atom is -0.473 e. The molecule has 1 N–H and O–H groups in total. The highest BCUT2D eigenvalue weighted by molar-refractivity contribution is 5.94. The Bertz CT molecular complexity index is 917. The standard InChI is InChI=1S/C21H19N3O4/c25-20(28-14-17-9-5-2-6-10-17)12-22-21(26)18-11-19(24-15-23-18)27-13-16-7-3-1-4-8-16/h1-11,15H,12-14H2,(H,22,26). The number of carbonyl (C=O) groups excluding carboxylic acids is 2. The number of hydrogen-bond acceptors (Lipinski definition) is 6. The summed E-state index contributed by atoms with van der Waals surface area (Å²) in [6.07, 6.45) is 1.24. The second kappa shape index (κ2) is 9.82. The van der Waals surface area contributed by atoms with Gasteiger partial charge >= 0.3 is 5.97 Å². The molecule has 0 bridgehead atoms. The van der Waals surface area contributed by atoms with Crippen LogP contribution in [0.3, 0.4) is 0 Å². The summed E-state index contributed by atoms with van der Waals surface area (Å²) in [5, 5.41) is 2.48. The topological polar surface area (TPSA) is 90.4 Å². The van der Waals surface area contributed by atoms with Gasteiger partial charge in [-0.1, -0.05) is 60.7 Å². The summed E-state index contributed by atoms with van der Waals surface area (Å²) in [4.78, 5) is 31.9. The summed E-state index contributed by atoms with van der Waals surface area (Å²) in [5.74, 6) is -0.772. The van der Waals surface area contributed by atoms with Crippen LogP contribution in [0.5, 0.6) is 5.88 Å². The number of rotatable bonds is 8. The first-order valence-corrected chi connectivity index (χ1v) is 8.67. The lowest BCUT2D eigenvalue weighted by atomic mass is 10.2. The van der Waals surface area contributed by atoms with Gasteiger partial charge in [0.2, 0.25) is 5.88 Å². The van der Waals surface area contributed by atoms with E-state index in [1.165, 1.54) is 12.4 Å². The smallest absolute Gasteiger partial charge is 0.325 e. The van der Waals surface area contributed by atoms with E-state index in [4.69, 9.17) is 9.47 Å². The zero-order chi connectivity index (χ0) is 19.6. The van der Waals surface area contributed by atoms with E-state index in [1.54, 1.807) is 0 Å². The number of ether oxygens (including phenoxy) is 2. The van der Waals surface area contributed by atoms with Crippen molar-refractivity contribution in [1.82, 2.24) is 15.3 Å². The van der Waals surface area contributed by atoms with Gasteiger partial charge in [0.15, 0.2) is 0 Å². The Kier molecular flexibility index (Phi) is 6.67. The third kappa shape index (κ3) is 5.91. The van der Waals surface area contributed by atoms with Crippen molar-refractivity contribution in [1.29, 1.82) is 0 Å². The second-order valence-corrected chi connectivity index (χ2v) is 5.84. The number of nitrogens with one attached hydrogen (secondary N) is 1. The molecule has 0 radical (unpaired) electrons. The Balaban J connectivity index is 1.46. The molecular formula is C21H19N3O4.